The molecule has 5 nitrogen and oxygen atoms in total. The topological polar surface area (TPSA) is 86.6 Å². The van der Waals surface area contributed by atoms with E-state index in [0.29, 0.717) is 5.39 Å². The largest absolute Gasteiger partial charge is 0.507 e. The molecule has 0 spiro atoms. The Bertz CT molecular complexity index is 1010. The average molecular weight is 319 g/mol. The lowest BCUT2D eigenvalue weighted by Gasteiger charge is -2.21. The lowest BCUT2D eigenvalue weighted by atomic mass is 9.89. The van der Waals surface area contributed by atoms with Gasteiger partial charge in [0.05, 0.1) is 5.56 Å². The van der Waals surface area contributed by atoms with Crippen molar-refractivity contribution < 1.29 is 19.8 Å². The monoisotopic (exact) mass is 319 g/mol. The molecule has 0 saturated carbocycles. The second kappa shape index (κ2) is 5.09. The molecule has 1 heterocycles. The van der Waals surface area contributed by atoms with Crippen LogP contribution < -0.4 is 5.32 Å². The van der Waals surface area contributed by atoms with E-state index in [1.165, 1.54) is 0 Å². The summed E-state index contributed by atoms with van der Waals surface area (Å²) < 4.78 is 0. The minimum Gasteiger partial charge on any atom is -0.507 e. The maximum absolute atomic E-state index is 12.2. The molecule has 0 aliphatic carbocycles. The van der Waals surface area contributed by atoms with Gasteiger partial charge in [0.1, 0.15) is 11.5 Å². The molecule has 0 atom stereocenters. The average Bonchev–Trinajstić information content (AvgIpc) is 2.58. The van der Waals surface area contributed by atoms with Crippen LogP contribution >= 0.6 is 0 Å². The minimum atomic E-state index is -0.657. The highest BCUT2D eigenvalue weighted by Crippen LogP contribution is 2.43. The number of carbonyl (C=O) groups excluding carboxylic acids is 2. The van der Waals surface area contributed by atoms with Gasteiger partial charge < -0.3 is 10.2 Å². The summed E-state index contributed by atoms with van der Waals surface area (Å²) in [5, 5.41) is 24.1. The van der Waals surface area contributed by atoms with Crippen LogP contribution in [0.15, 0.2) is 48.5 Å². The van der Waals surface area contributed by atoms with Crippen molar-refractivity contribution in [2.75, 3.05) is 0 Å². The first-order valence-electron chi connectivity index (χ1n) is 7.47. The molecule has 3 aromatic carbocycles. The minimum absolute atomic E-state index is 0.0314. The molecule has 3 N–H and O–H groups in total. The van der Waals surface area contributed by atoms with Crippen LogP contribution in [0.4, 0.5) is 0 Å². The van der Waals surface area contributed by atoms with Crippen molar-refractivity contribution in [1.29, 1.82) is 0 Å². The van der Waals surface area contributed by atoms with Crippen molar-refractivity contribution in [2.24, 2.45) is 0 Å². The molecule has 118 valence electrons. The van der Waals surface area contributed by atoms with Gasteiger partial charge in [-0.3, -0.25) is 14.9 Å². The van der Waals surface area contributed by atoms with Crippen LogP contribution in [0.1, 0.15) is 31.8 Å². The Kier molecular flexibility index (Phi) is 3.03. The molecule has 2 amide bonds. The van der Waals surface area contributed by atoms with Gasteiger partial charge in [0.15, 0.2) is 0 Å². The Balaban J connectivity index is 2.04. The Labute approximate surface area is 137 Å². The predicted octanol–water partition coefficient (Wildman–Crippen LogP) is 2.73. The van der Waals surface area contributed by atoms with E-state index in [2.05, 4.69) is 5.32 Å². The third-order valence-corrected chi connectivity index (χ3v) is 4.30. The first-order valence-corrected chi connectivity index (χ1v) is 7.47. The molecule has 24 heavy (non-hydrogen) atoms. The lowest BCUT2D eigenvalue weighted by molar-refractivity contribution is 0.0843. The van der Waals surface area contributed by atoms with Gasteiger partial charge in [0, 0.05) is 28.3 Å². The van der Waals surface area contributed by atoms with E-state index in [4.69, 9.17) is 0 Å². The van der Waals surface area contributed by atoms with Gasteiger partial charge in [-0.15, -0.1) is 0 Å². The van der Waals surface area contributed by atoms with Gasteiger partial charge in [0.2, 0.25) is 0 Å². The van der Waals surface area contributed by atoms with Crippen LogP contribution in [0, 0.1) is 0 Å². The molecule has 3 aromatic rings. The van der Waals surface area contributed by atoms with Crippen LogP contribution in [-0.2, 0) is 6.42 Å². The zero-order valence-corrected chi connectivity index (χ0v) is 12.5. The van der Waals surface area contributed by atoms with E-state index in [0.717, 1.165) is 5.56 Å². The first kappa shape index (κ1) is 14.3. The number of imide groups is 1. The fourth-order valence-electron chi connectivity index (χ4n) is 3.17. The number of aromatic hydroxyl groups is 2. The van der Waals surface area contributed by atoms with Crippen LogP contribution in [0.3, 0.4) is 0 Å². The highest BCUT2D eigenvalue weighted by Gasteiger charge is 2.31. The fourth-order valence-corrected chi connectivity index (χ4v) is 3.17. The number of carbonyl (C=O) groups is 2. The number of rotatable bonds is 2. The number of benzene rings is 3. The highest BCUT2D eigenvalue weighted by atomic mass is 16.3. The summed E-state index contributed by atoms with van der Waals surface area (Å²) in [5.41, 5.74) is 1.45. The van der Waals surface area contributed by atoms with Crippen molar-refractivity contribution in [3.63, 3.8) is 0 Å². The van der Waals surface area contributed by atoms with Gasteiger partial charge in [0.25, 0.3) is 11.8 Å². The molecule has 0 aromatic heterocycles. The molecule has 0 fully saturated rings. The van der Waals surface area contributed by atoms with Crippen molar-refractivity contribution in [2.45, 2.75) is 6.42 Å². The lowest BCUT2D eigenvalue weighted by Crippen LogP contribution is -2.34. The third kappa shape index (κ3) is 1.95. The normalized spacial score (nSPS) is 13.2. The Morgan fingerprint density at radius 2 is 1.58 bits per heavy atom. The summed E-state index contributed by atoms with van der Waals surface area (Å²) in [6.07, 6.45) is 0.271. The fraction of sp³-hybridized carbons (Fsp3) is 0.0526. The quantitative estimate of drug-likeness (QED) is 0.634. The van der Waals surface area contributed by atoms with Gasteiger partial charge >= 0.3 is 0 Å². The maximum atomic E-state index is 12.2. The summed E-state index contributed by atoms with van der Waals surface area (Å²) in [5.74, 6) is -1.59. The smallest absolute Gasteiger partial charge is 0.262 e. The number of amides is 2. The van der Waals surface area contributed by atoms with Crippen molar-refractivity contribution in [1.82, 2.24) is 5.32 Å². The van der Waals surface area contributed by atoms with Gasteiger partial charge in [-0.25, -0.2) is 0 Å². The molecule has 4 rings (SSSR count). The molecule has 0 saturated heterocycles. The Hall–Kier alpha value is -3.34. The first-order chi connectivity index (χ1) is 11.6. The van der Waals surface area contributed by atoms with Gasteiger partial charge in [-0.2, -0.15) is 0 Å². The molecule has 0 radical (unpaired) electrons. The van der Waals surface area contributed by atoms with E-state index in [9.17, 15) is 19.8 Å². The summed E-state index contributed by atoms with van der Waals surface area (Å²) in [6, 6.07) is 14.2. The predicted molar refractivity (Wildman–Crippen MR) is 88.3 cm³/mol. The molecular formula is C19H13NO4. The van der Waals surface area contributed by atoms with Crippen LogP contribution in [0.5, 0.6) is 11.5 Å². The number of hydrogen-bond donors (Lipinski definition) is 3. The maximum Gasteiger partial charge on any atom is 0.262 e. The molecule has 5 heteroatoms. The van der Waals surface area contributed by atoms with Gasteiger partial charge in [-0.1, -0.05) is 42.5 Å². The van der Waals surface area contributed by atoms with Crippen molar-refractivity contribution >= 4 is 22.6 Å². The van der Waals surface area contributed by atoms with E-state index < -0.39 is 11.8 Å². The summed E-state index contributed by atoms with van der Waals surface area (Å²) in [4.78, 5) is 24.2. The van der Waals surface area contributed by atoms with Crippen LogP contribution in [0.2, 0.25) is 0 Å². The molecule has 0 bridgehead atoms. The zero-order valence-electron chi connectivity index (χ0n) is 12.5. The Morgan fingerprint density at radius 3 is 2.33 bits per heavy atom. The molecular weight excluding hydrogens is 306 g/mol. The van der Waals surface area contributed by atoms with Crippen LogP contribution in [0.25, 0.3) is 10.8 Å². The SMILES string of the molecule is O=C1NC(=O)c2c(O)c(Cc3ccccc3)c(O)c3cccc1c23. The van der Waals surface area contributed by atoms with E-state index in [1.54, 1.807) is 18.2 Å². The number of phenolic OH excluding ortho intramolecular Hbond substituents is 2. The van der Waals surface area contributed by atoms with E-state index in [1.807, 2.05) is 30.3 Å². The molecule has 1 aliphatic rings. The van der Waals surface area contributed by atoms with Crippen LogP contribution in [-0.4, -0.2) is 22.0 Å². The van der Waals surface area contributed by atoms with E-state index >= 15 is 0 Å². The number of phenols is 2. The second-order valence-electron chi connectivity index (χ2n) is 5.72. The summed E-state index contributed by atoms with van der Waals surface area (Å²) in [7, 11) is 0. The van der Waals surface area contributed by atoms with E-state index in [-0.39, 0.29) is 40.0 Å². The summed E-state index contributed by atoms with van der Waals surface area (Å²) >= 11 is 0. The highest BCUT2D eigenvalue weighted by molar-refractivity contribution is 6.27. The summed E-state index contributed by atoms with van der Waals surface area (Å²) in [6.45, 7) is 0. The number of nitrogens with one attached hydrogen (secondary N) is 1. The zero-order chi connectivity index (χ0) is 16.8. The standard InChI is InChI=1S/C19H13NO4/c21-16-11-7-4-8-12-14(11)15(19(24)20-18(12)23)17(22)13(16)9-10-5-2-1-3-6-10/h1-8,21-22H,9H2,(H,20,23,24). The number of hydrogen-bond acceptors (Lipinski definition) is 4. The third-order valence-electron chi connectivity index (χ3n) is 4.30. The Morgan fingerprint density at radius 1 is 0.833 bits per heavy atom. The van der Waals surface area contributed by atoms with Crippen molar-refractivity contribution in [3.8, 4) is 11.5 Å². The van der Waals surface area contributed by atoms with Gasteiger partial charge in [-0.05, 0) is 11.6 Å². The molecule has 1 aliphatic heterocycles. The molecule has 0 unspecified atom stereocenters. The van der Waals surface area contributed by atoms with Crippen molar-refractivity contribution in [3.05, 3.63) is 70.8 Å². The second-order valence-corrected chi connectivity index (χ2v) is 5.72.